The summed E-state index contributed by atoms with van der Waals surface area (Å²) >= 11 is 5.93. The molecule has 0 aliphatic carbocycles. The molecule has 0 aromatic carbocycles. The maximum atomic E-state index is 5.93. The van der Waals surface area contributed by atoms with Crippen molar-refractivity contribution >= 4 is 23.2 Å². The summed E-state index contributed by atoms with van der Waals surface area (Å²) in [5.41, 5.74) is 0.883. The minimum atomic E-state index is 0.363. The minimum absolute atomic E-state index is 0.363. The van der Waals surface area contributed by atoms with E-state index in [0.29, 0.717) is 23.3 Å². The molecule has 1 N–H and O–H groups in total. The van der Waals surface area contributed by atoms with E-state index in [9.17, 15) is 0 Å². The molecule has 0 radical (unpaired) electrons. The van der Waals surface area contributed by atoms with Crippen LogP contribution in [-0.2, 0) is 6.54 Å². The second kappa shape index (κ2) is 4.77. The lowest BCUT2D eigenvalue weighted by Gasteiger charge is -2.07. The average Bonchev–Trinajstić information content (AvgIpc) is 2.84. The summed E-state index contributed by atoms with van der Waals surface area (Å²) in [6.45, 7) is 2.39. The van der Waals surface area contributed by atoms with E-state index < -0.39 is 0 Å². The van der Waals surface area contributed by atoms with Crippen LogP contribution in [-0.4, -0.2) is 29.5 Å². The Hall–Kier alpha value is -2.28. The van der Waals surface area contributed by atoms with Crippen LogP contribution in [0.1, 0.15) is 11.5 Å². The fraction of sp³-hybridized carbons (Fsp3) is 0.182. The van der Waals surface area contributed by atoms with Gasteiger partial charge in [0.1, 0.15) is 23.1 Å². The fourth-order valence-corrected chi connectivity index (χ4v) is 1.87. The van der Waals surface area contributed by atoms with Crippen LogP contribution in [0.4, 0.5) is 5.82 Å². The standard InChI is InChI=1S/C11H10ClN7/c1-7-13-3-2-8(17-7)5-14-10-4-9(12)18-11-15-6-16-19(10)11/h2-4,6,14H,5H2,1H3. The summed E-state index contributed by atoms with van der Waals surface area (Å²) in [6.07, 6.45) is 3.16. The molecule has 0 amide bonds. The molecule has 8 heteroatoms. The Morgan fingerprint density at radius 3 is 3.05 bits per heavy atom. The van der Waals surface area contributed by atoms with Gasteiger partial charge in [-0.15, -0.1) is 0 Å². The molecule has 0 aliphatic heterocycles. The molecule has 0 bridgehead atoms. The first kappa shape index (κ1) is 11.8. The Kier molecular flexibility index (Phi) is 2.96. The molecule has 19 heavy (non-hydrogen) atoms. The van der Waals surface area contributed by atoms with Crippen molar-refractivity contribution in [2.75, 3.05) is 5.32 Å². The third kappa shape index (κ3) is 2.45. The van der Waals surface area contributed by atoms with Crippen molar-refractivity contribution in [3.63, 3.8) is 0 Å². The molecular formula is C11H10ClN7. The molecule has 0 saturated heterocycles. The number of rotatable bonds is 3. The van der Waals surface area contributed by atoms with Gasteiger partial charge < -0.3 is 5.32 Å². The summed E-state index contributed by atoms with van der Waals surface area (Å²) in [7, 11) is 0. The zero-order valence-electron chi connectivity index (χ0n) is 10.1. The van der Waals surface area contributed by atoms with Crippen LogP contribution in [0, 0.1) is 6.92 Å². The van der Waals surface area contributed by atoms with Crippen LogP contribution in [0.25, 0.3) is 5.78 Å². The normalized spacial score (nSPS) is 10.8. The van der Waals surface area contributed by atoms with Gasteiger partial charge in [-0.2, -0.15) is 19.6 Å². The predicted molar refractivity (Wildman–Crippen MR) is 69.9 cm³/mol. The molecule has 0 spiro atoms. The number of hydrogen-bond donors (Lipinski definition) is 1. The van der Waals surface area contributed by atoms with E-state index in [2.05, 4.69) is 30.4 Å². The lowest BCUT2D eigenvalue weighted by atomic mass is 10.4. The summed E-state index contributed by atoms with van der Waals surface area (Å²) in [5, 5.41) is 7.65. The van der Waals surface area contributed by atoms with Crippen LogP contribution in [0.15, 0.2) is 24.7 Å². The smallest absolute Gasteiger partial charge is 0.255 e. The highest BCUT2D eigenvalue weighted by Crippen LogP contribution is 2.15. The van der Waals surface area contributed by atoms with E-state index in [-0.39, 0.29) is 0 Å². The quantitative estimate of drug-likeness (QED) is 0.730. The van der Waals surface area contributed by atoms with Crippen LogP contribution in [0.5, 0.6) is 0 Å². The number of nitrogens with one attached hydrogen (secondary N) is 1. The number of aryl methyl sites for hydroxylation is 1. The first-order valence-electron chi connectivity index (χ1n) is 5.61. The van der Waals surface area contributed by atoms with Crippen LogP contribution in [0.3, 0.4) is 0 Å². The van der Waals surface area contributed by atoms with Crippen molar-refractivity contribution in [3.05, 3.63) is 41.3 Å². The zero-order valence-corrected chi connectivity index (χ0v) is 10.8. The Balaban J connectivity index is 1.87. The van der Waals surface area contributed by atoms with E-state index >= 15 is 0 Å². The van der Waals surface area contributed by atoms with E-state index in [4.69, 9.17) is 11.6 Å². The Labute approximate surface area is 113 Å². The molecule has 0 aliphatic rings. The number of fused-ring (bicyclic) bond motifs is 1. The summed E-state index contributed by atoms with van der Waals surface area (Å²) < 4.78 is 1.58. The third-order valence-electron chi connectivity index (χ3n) is 2.50. The highest BCUT2D eigenvalue weighted by Gasteiger charge is 2.06. The van der Waals surface area contributed by atoms with E-state index in [0.717, 1.165) is 11.5 Å². The first-order chi connectivity index (χ1) is 9.22. The highest BCUT2D eigenvalue weighted by molar-refractivity contribution is 6.29. The second-order valence-corrected chi connectivity index (χ2v) is 4.27. The molecule has 0 unspecified atom stereocenters. The largest absolute Gasteiger partial charge is 0.364 e. The van der Waals surface area contributed by atoms with Crippen molar-refractivity contribution in [2.45, 2.75) is 13.5 Å². The molecule has 96 valence electrons. The van der Waals surface area contributed by atoms with Crippen LogP contribution >= 0.6 is 11.6 Å². The van der Waals surface area contributed by atoms with Crippen LogP contribution < -0.4 is 5.32 Å². The molecular weight excluding hydrogens is 266 g/mol. The van der Waals surface area contributed by atoms with Crippen LogP contribution in [0.2, 0.25) is 5.15 Å². The first-order valence-corrected chi connectivity index (χ1v) is 5.99. The Morgan fingerprint density at radius 2 is 2.21 bits per heavy atom. The molecule has 0 atom stereocenters. The predicted octanol–water partition coefficient (Wildman–Crippen LogP) is 1.49. The Bertz CT molecular complexity index is 724. The number of nitrogens with zero attached hydrogens (tertiary/aromatic N) is 6. The maximum Gasteiger partial charge on any atom is 0.255 e. The number of hydrogen-bond acceptors (Lipinski definition) is 6. The summed E-state index contributed by atoms with van der Waals surface area (Å²) in [5.74, 6) is 1.90. The maximum absolute atomic E-state index is 5.93. The average molecular weight is 276 g/mol. The Morgan fingerprint density at radius 1 is 1.32 bits per heavy atom. The SMILES string of the molecule is Cc1nccc(CNc2cc(Cl)nc3ncnn23)n1. The molecule has 3 heterocycles. The lowest BCUT2D eigenvalue weighted by Crippen LogP contribution is -2.08. The minimum Gasteiger partial charge on any atom is -0.364 e. The lowest BCUT2D eigenvalue weighted by molar-refractivity contribution is 0.903. The number of aromatic nitrogens is 6. The molecule has 0 saturated carbocycles. The van der Waals surface area contributed by atoms with Gasteiger partial charge in [-0.3, -0.25) is 0 Å². The van der Waals surface area contributed by atoms with Gasteiger partial charge in [0.15, 0.2) is 0 Å². The fourth-order valence-electron chi connectivity index (χ4n) is 1.69. The van der Waals surface area contributed by atoms with Crippen molar-refractivity contribution in [3.8, 4) is 0 Å². The van der Waals surface area contributed by atoms with Gasteiger partial charge in [-0.25, -0.2) is 9.97 Å². The van der Waals surface area contributed by atoms with Crippen molar-refractivity contribution in [1.29, 1.82) is 0 Å². The van der Waals surface area contributed by atoms with E-state index in [1.165, 1.54) is 6.33 Å². The monoisotopic (exact) mass is 275 g/mol. The molecule has 7 nitrogen and oxygen atoms in total. The van der Waals surface area contributed by atoms with Gasteiger partial charge in [-0.1, -0.05) is 11.6 Å². The number of halogens is 1. The zero-order chi connectivity index (χ0) is 13.2. The van der Waals surface area contributed by atoms with Gasteiger partial charge in [0, 0.05) is 12.3 Å². The second-order valence-electron chi connectivity index (χ2n) is 3.88. The topological polar surface area (TPSA) is 80.9 Å². The summed E-state index contributed by atoms with van der Waals surface area (Å²) in [6, 6.07) is 3.54. The molecule has 0 fully saturated rings. The molecule has 3 aromatic heterocycles. The van der Waals surface area contributed by atoms with Crippen molar-refractivity contribution in [2.24, 2.45) is 0 Å². The molecule has 3 rings (SSSR count). The highest BCUT2D eigenvalue weighted by atomic mass is 35.5. The number of anilines is 1. The van der Waals surface area contributed by atoms with Gasteiger partial charge in [-0.05, 0) is 13.0 Å². The van der Waals surface area contributed by atoms with E-state index in [1.807, 2.05) is 13.0 Å². The van der Waals surface area contributed by atoms with Gasteiger partial charge in [0.2, 0.25) is 0 Å². The van der Waals surface area contributed by atoms with Gasteiger partial charge in [0.05, 0.1) is 12.2 Å². The third-order valence-corrected chi connectivity index (χ3v) is 2.70. The van der Waals surface area contributed by atoms with Crippen molar-refractivity contribution in [1.82, 2.24) is 29.5 Å². The van der Waals surface area contributed by atoms with Crippen molar-refractivity contribution < 1.29 is 0 Å². The van der Waals surface area contributed by atoms with E-state index in [1.54, 1.807) is 16.8 Å². The van der Waals surface area contributed by atoms with Gasteiger partial charge in [0.25, 0.3) is 5.78 Å². The van der Waals surface area contributed by atoms with Gasteiger partial charge >= 0.3 is 0 Å². The summed E-state index contributed by atoms with van der Waals surface area (Å²) in [4.78, 5) is 16.4. The molecule has 3 aromatic rings.